The number of hydrogen-bond donors (Lipinski definition) is 3. The zero-order valence-corrected chi connectivity index (χ0v) is 24.9. The topological polar surface area (TPSA) is 122 Å². The van der Waals surface area contributed by atoms with Crippen molar-refractivity contribution in [1.82, 2.24) is 5.32 Å². The van der Waals surface area contributed by atoms with Gasteiger partial charge in [0, 0.05) is 18.9 Å². The molecule has 0 saturated heterocycles. The molecule has 3 unspecified atom stereocenters. The Morgan fingerprint density at radius 1 is 0.907 bits per heavy atom. The van der Waals surface area contributed by atoms with E-state index in [2.05, 4.69) is 5.32 Å². The number of benzene rings is 3. The minimum Gasteiger partial charge on any atom is -0.489 e. The number of carboxylic acids is 2. The van der Waals surface area contributed by atoms with Crippen LogP contribution < -0.4 is 14.8 Å². The highest BCUT2D eigenvalue weighted by atomic mass is 32.1. The third-order valence-electron chi connectivity index (χ3n) is 7.21. The molecule has 4 rings (SSSR count). The molecular weight excluding hydrogens is 566 g/mol. The first-order valence-corrected chi connectivity index (χ1v) is 15.0. The van der Waals surface area contributed by atoms with Gasteiger partial charge in [-0.05, 0) is 64.6 Å². The lowest BCUT2D eigenvalue weighted by Crippen LogP contribution is -2.42. The van der Waals surface area contributed by atoms with E-state index >= 15 is 0 Å². The summed E-state index contributed by atoms with van der Waals surface area (Å²) in [6.45, 7) is 4.04. The molecular formula is C34H35NO7S. The Kier molecular flexibility index (Phi) is 10.9. The Morgan fingerprint density at radius 3 is 2.30 bits per heavy atom. The lowest BCUT2D eigenvalue weighted by Gasteiger charge is -2.25. The summed E-state index contributed by atoms with van der Waals surface area (Å²) in [7, 11) is 0. The number of carbonyl (C=O) groups excluding carboxylic acids is 1. The maximum atomic E-state index is 13.6. The third-order valence-corrected chi connectivity index (χ3v) is 7.95. The Labute approximate surface area is 254 Å². The molecule has 9 heteroatoms. The van der Waals surface area contributed by atoms with E-state index in [0.29, 0.717) is 18.8 Å². The lowest BCUT2D eigenvalue weighted by molar-refractivity contribution is -0.143. The predicted molar refractivity (Wildman–Crippen MR) is 165 cm³/mol. The fourth-order valence-electron chi connectivity index (χ4n) is 4.75. The largest absolute Gasteiger partial charge is 0.489 e. The maximum absolute atomic E-state index is 13.6. The summed E-state index contributed by atoms with van der Waals surface area (Å²) < 4.78 is 12.5. The molecule has 3 atom stereocenters. The van der Waals surface area contributed by atoms with Gasteiger partial charge in [0.25, 0.3) is 5.91 Å². The van der Waals surface area contributed by atoms with E-state index in [4.69, 9.17) is 9.47 Å². The summed E-state index contributed by atoms with van der Waals surface area (Å²) in [5.74, 6) is -2.79. The number of amides is 1. The van der Waals surface area contributed by atoms with Crippen molar-refractivity contribution < 1.29 is 34.1 Å². The van der Waals surface area contributed by atoms with E-state index < -0.39 is 35.9 Å². The van der Waals surface area contributed by atoms with Crippen LogP contribution in [0.15, 0.2) is 89.6 Å². The van der Waals surface area contributed by atoms with Gasteiger partial charge in [-0.15, -0.1) is 0 Å². The van der Waals surface area contributed by atoms with Gasteiger partial charge in [-0.3, -0.25) is 9.59 Å². The summed E-state index contributed by atoms with van der Waals surface area (Å²) in [4.78, 5) is 37.7. The molecule has 1 heterocycles. The number of carboxylic acid groups (broad SMARTS) is 2. The second kappa shape index (κ2) is 15.0. The smallest absolute Gasteiger partial charge is 0.326 e. The number of ether oxygens (including phenoxy) is 2. The first-order chi connectivity index (χ1) is 20.7. The summed E-state index contributed by atoms with van der Waals surface area (Å²) in [6, 6.07) is 22.1. The van der Waals surface area contributed by atoms with Crippen molar-refractivity contribution in [2.45, 2.75) is 51.9 Å². The molecule has 1 amide bonds. The fourth-order valence-corrected chi connectivity index (χ4v) is 5.40. The molecule has 0 aliphatic rings. The summed E-state index contributed by atoms with van der Waals surface area (Å²) >= 11 is 1.56. The number of nitrogens with one attached hydrogen (secondary N) is 1. The monoisotopic (exact) mass is 601 g/mol. The van der Waals surface area contributed by atoms with Gasteiger partial charge in [-0.25, -0.2) is 4.79 Å². The van der Waals surface area contributed by atoms with Crippen LogP contribution in [0.3, 0.4) is 0 Å². The van der Waals surface area contributed by atoms with Crippen molar-refractivity contribution in [2.75, 3.05) is 0 Å². The number of carbonyl (C=O) groups is 3. The number of hydrogen-bond acceptors (Lipinski definition) is 6. The van der Waals surface area contributed by atoms with Crippen LogP contribution in [0.5, 0.6) is 11.5 Å². The average Bonchev–Trinajstić information content (AvgIpc) is 3.52. The summed E-state index contributed by atoms with van der Waals surface area (Å²) in [6.07, 6.45) is -0.0233. The Hall–Kier alpha value is -4.63. The van der Waals surface area contributed by atoms with Crippen LogP contribution in [-0.2, 0) is 22.6 Å². The molecule has 0 bridgehead atoms. The minimum absolute atomic E-state index is 0.0998. The van der Waals surface area contributed by atoms with Crippen LogP contribution in [-0.4, -0.2) is 34.1 Å². The first-order valence-electron chi connectivity index (χ1n) is 14.1. The second-order valence-electron chi connectivity index (χ2n) is 10.3. The second-order valence-corrected chi connectivity index (χ2v) is 11.1. The molecule has 0 aliphatic heterocycles. The Balaban J connectivity index is 1.68. The van der Waals surface area contributed by atoms with Gasteiger partial charge < -0.3 is 25.0 Å². The van der Waals surface area contributed by atoms with Crippen LogP contribution in [0.2, 0.25) is 0 Å². The predicted octanol–water partition coefficient (Wildman–Crippen LogP) is 6.68. The standard InChI is InChI=1S/C34H35NO7S/c1-3-25(33(37)38)18-30(27-12-8-7-9-22(27)2)42-31-19-26(41-20-24-15-16-43-21-24)13-14-28(31)32(36)35-29(34(39)40)17-23-10-5-4-6-11-23/h4-16,19,21,25,29-30H,3,17-18,20H2,1-2H3,(H,35,36)(H,37,38)(H,39,40). The van der Waals surface area contributed by atoms with Crippen LogP contribution in [0.1, 0.15) is 58.5 Å². The van der Waals surface area contributed by atoms with E-state index in [0.717, 1.165) is 22.3 Å². The van der Waals surface area contributed by atoms with Gasteiger partial charge in [0.05, 0.1) is 11.5 Å². The van der Waals surface area contributed by atoms with Crippen molar-refractivity contribution in [1.29, 1.82) is 0 Å². The minimum atomic E-state index is -1.18. The lowest BCUT2D eigenvalue weighted by atomic mass is 9.92. The van der Waals surface area contributed by atoms with Gasteiger partial charge in [0.2, 0.25) is 0 Å². The van der Waals surface area contributed by atoms with E-state index in [1.807, 2.05) is 73.1 Å². The number of aliphatic carboxylic acids is 2. The Morgan fingerprint density at radius 2 is 1.65 bits per heavy atom. The Bertz CT molecular complexity index is 1520. The number of rotatable bonds is 15. The van der Waals surface area contributed by atoms with Gasteiger partial charge >= 0.3 is 11.9 Å². The van der Waals surface area contributed by atoms with Crippen molar-refractivity contribution in [3.05, 3.63) is 117 Å². The van der Waals surface area contributed by atoms with E-state index in [9.17, 15) is 24.6 Å². The molecule has 0 spiro atoms. The van der Waals surface area contributed by atoms with E-state index in [-0.39, 0.29) is 24.2 Å². The summed E-state index contributed by atoms with van der Waals surface area (Å²) in [5.41, 5.74) is 3.58. The van der Waals surface area contributed by atoms with Crippen molar-refractivity contribution in [3.8, 4) is 11.5 Å². The van der Waals surface area contributed by atoms with Crippen molar-refractivity contribution in [3.63, 3.8) is 0 Å². The van der Waals surface area contributed by atoms with E-state index in [1.54, 1.807) is 41.7 Å². The number of aryl methyl sites for hydroxylation is 1. The molecule has 0 aliphatic carbocycles. The fraction of sp³-hybridized carbons (Fsp3) is 0.265. The van der Waals surface area contributed by atoms with Crippen LogP contribution >= 0.6 is 11.3 Å². The molecule has 3 N–H and O–H groups in total. The quantitative estimate of drug-likeness (QED) is 0.139. The van der Waals surface area contributed by atoms with Gasteiger partial charge in [-0.2, -0.15) is 11.3 Å². The van der Waals surface area contributed by atoms with Crippen molar-refractivity contribution in [2.24, 2.45) is 5.92 Å². The summed E-state index contributed by atoms with van der Waals surface area (Å²) in [5, 5.41) is 26.3. The van der Waals surface area contributed by atoms with Crippen molar-refractivity contribution >= 4 is 29.2 Å². The molecule has 4 aromatic rings. The molecule has 43 heavy (non-hydrogen) atoms. The highest BCUT2D eigenvalue weighted by Crippen LogP contribution is 2.35. The van der Waals surface area contributed by atoms with Crippen LogP contribution in [0.25, 0.3) is 0 Å². The number of thiophene rings is 1. The first kappa shape index (κ1) is 31.3. The van der Waals surface area contributed by atoms with Gasteiger partial charge in [0.1, 0.15) is 30.3 Å². The van der Waals surface area contributed by atoms with Gasteiger partial charge in [-0.1, -0.05) is 61.5 Å². The molecule has 224 valence electrons. The third kappa shape index (κ3) is 8.68. The highest BCUT2D eigenvalue weighted by Gasteiger charge is 2.28. The van der Waals surface area contributed by atoms with Gasteiger partial charge in [0.15, 0.2) is 0 Å². The molecule has 0 saturated carbocycles. The average molecular weight is 602 g/mol. The molecule has 0 fully saturated rings. The highest BCUT2D eigenvalue weighted by molar-refractivity contribution is 7.07. The molecule has 8 nitrogen and oxygen atoms in total. The van der Waals surface area contributed by atoms with Crippen LogP contribution in [0, 0.1) is 12.8 Å². The maximum Gasteiger partial charge on any atom is 0.326 e. The molecule has 3 aromatic carbocycles. The molecule has 0 radical (unpaired) electrons. The SMILES string of the molecule is CCC(CC(Oc1cc(OCc2ccsc2)ccc1C(=O)NC(Cc1ccccc1)C(=O)O)c1ccccc1C)C(=O)O. The zero-order valence-electron chi connectivity index (χ0n) is 24.1. The zero-order chi connectivity index (χ0) is 30.8. The van der Waals surface area contributed by atoms with Crippen LogP contribution in [0.4, 0.5) is 0 Å². The van der Waals surface area contributed by atoms with E-state index in [1.165, 1.54) is 0 Å². The molecule has 1 aromatic heterocycles. The normalized spacial score (nSPS) is 13.0.